The first-order valence-corrected chi connectivity index (χ1v) is 8.96. The third kappa shape index (κ3) is 3.96. The maximum atomic E-state index is 12.2. The van der Waals surface area contributed by atoms with Gasteiger partial charge in [0.25, 0.3) is 10.0 Å². The maximum absolute atomic E-state index is 12.2. The van der Waals surface area contributed by atoms with Crippen LogP contribution in [0.3, 0.4) is 0 Å². The normalized spacial score (nSPS) is 12.3. The van der Waals surface area contributed by atoms with E-state index in [2.05, 4.69) is 25.9 Å². The highest BCUT2D eigenvalue weighted by molar-refractivity contribution is 9.10. The number of aryl methyl sites for hydroxylation is 2. The topological polar surface area (TPSA) is 58.5 Å². The fraction of sp³-hybridized carbons (Fsp3) is 0.188. The first-order chi connectivity index (χ1) is 10.3. The Hall–Kier alpha value is -1.66. The summed E-state index contributed by atoms with van der Waals surface area (Å²) in [6.45, 7) is 5.77. The van der Waals surface area contributed by atoms with Crippen molar-refractivity contribution in [2.24, 2.45) is 5.10 Å². The van der Waals surface area contributed by atoms with Gasteiger partial charge in [-0.05, 0) is 50.6 Å². The van der Waals surface area contributed by atoms with Gasteiger partial charge in [-0.2, -0.15) is 18.4 Å². The van der Waals surface area contributed by atoms with Crippen molar-refractivity contribution in [3.8, 4) is 0 Å². The fourth-order valence-corrected chi connectivity index (χ4v) is 3.20. The van der Waals surface area contributed by atoms with E-state index in [-0.39, 0.29) is 4.90 Å². The molecule has 0 bridgehead atoms. The van der Waals surface area contributed by atoms with Crippen LogP contribution in [0.1, 0.15) is 23.6 Å². The average molecular weight is 381 g/mol. The van der Waals surface area contributed by atoms with Gasteiger partial charge in [-0.1, -0.05) is 39.7 Å². The number of rotatable bonds is 4. The molecule has 22 heavy (non-hydrogen) atoms. The number of nitrogens with one attached hydrogen (secondary N) is 1. The Morgan fingerprint density at radius 2 is 1.73 bits per heavy atom. The lowest BCUT2D eigenvalue weighted by molar-refractivity contribution is 0.584. The van der Waals surface area contributed by atoms with Gasteiger partial charge in [0.05, 0.1) is 10.6 Å². The Morgan fingerprint density at radius 1 is 1.09 bits per heavy atom. The molecule has 116 valence electrons. The third-order valence-corrected chi connectivity index (χ3v) is 4.98. The Labute approximate surface area is 139 Å². The van der Waals surface area contributed by atoms with E-state index in [1.807, 2.05) is 32.0 Å². The van der Waals surface area contributed by atoms with E-state index in [0.29, 0.717) is 5.71 Å². The summed E-state index contributed by atoms with van der Waals surface area (Å²) in [6.07, 6.45) is 0. The SMILES string of the molecule is C/C(=N\NS(=O)(=O)c1ccc(Br)cc1)c1ccc(C)cc1C. The molecule has 4 nitrogen and oxygen atoms in total. The molecular formula is C16H17BrN2O2S. The minimum atomic E-state index is -3.66. The zero-order valence-electron chi connectivity index (χ0n) is 12.6. The molecule has 0 fully saturated rings. The van der Waals surface area contributed by atoms with Gasteiger partial charge in [-0.25, -0.2) is 0 Å². The monoisotopic (exact) mass is 380 g/mol. The van der Waals surface area contributed by atoms with Gasteiger partial charge in [0.2, 0.25) is 0 Å². The van der Waals surface area contributed by atoms with Crippen LogP contribution in [-0.4, -0.2) is 14.1 Å². The Morgan fingerprint density at radius 3 is 2.32 bits per heavy atom. The second-order valence-corrected chi connectivity index (χ2v) is 7.64. The summed E-state index contributed by atoms with van der Waals surface area (Å²) in [4.78, 5) is 2.45. The van der Waals surface area contributed by atoms with Crippen LogP contribution in [-0.2, 0) is 10.0 Å². The summed E-state index contributed by atoms with van der Waals surface area (Å²) < 4.78 is 25.2. The van der Waals surface area contributed by atoms with E-state index < -0.39 is 10.0 Å². The Kier molecular flexibility index (Phi) is 5.03. The summed E-state index contributed by atoms with van der Waals surface area (Å²) in [5.74, 6) is 0. The molecule has 0 atom stereocenters. The first-order valence-electron chi connectivity index (χ1n) is 6.69. The van der Waals surface area contributed by atoms with Crippen LogP contribution in [0.15, 0.2) is 56.9 Å². The van der Waals surface area contributed by atoms with Crippen molar-refractivity contribution in [2.75, 3.05) is 0 Å². The maximum Gasteiger partial charge on any atom is 0.276 e. The third-order valence-electron chi connectivity index (χ3n) is 3.23. The van der Waals surface area contributed by atoms with E-state index in [0.717, 1.165) is 21.2 Å². The number of benzene rings is 2. The van der Waals surface area contributed by atoms with Crippen LogP contribution < -0.4 is 4.83 Å². The lowest BCUT2D eigenvalue weighted by Crippen LogP contribution is -2.20. The van der Waals surface area contributed by atoms with Crippen LogP contribution in [0.25, 0.3) is 0 Å². The second-order valence-electron chi connectivity index (χ2n) is 5.06. The molecule has 0 aromatic heterocycles. The summed E-state index contributed by atoms with van der Waals surface area (Å²) in [7, 11) is -3.66. The Balaban J connectivity index is 2.24. The zero-order valence-corrected chi connectivity index (χ0v) is 15.0. The minimum absolute atomic E-state index is 0.174. The lowest BCUT2D eigenvalue weighted by atomic mass is 10.0. The number of hydrogen-bond acceptors (Lipinski definition) is 3. The van der Waals surface area contributed by atoms with Crippen molar-refractivity contribution in [2.45, 2.75) is 25.7 Å². The molecule has 0 saturated heterocycles. The van der Waals surface area contributed by atoms with Crippen molar-refractivity contribution in [3.63, 3.8) is 0 Å². The zero-order chi connectivity index (χ0) is 16.3. The Bertz CT molecular complexity index is 813. The first kappa shape index (κ1) is 16.7. The highest BCUT2D eigenvalue weighted by atomic mass is 79.9. The minimum Gasteiger partial charge on any atom is -0.200 e. The summed E-state index contributed by atoms with van der Waals surface area (Å²) in [6, 6.07) is 12.4. The van der Waals surface area contributed by atoms with Crippen LogP contribution in [0.5, 0.6) is 0 Å². The highest BCUT2D eigenvalue weighted by Crippen LogP contribution is 2.15. The smallest absolute Gasteiger partial charge is 0.200 e. The van der Waals surface area contributed by atoms with Crippen LogP contribution in [0.2, 0.25) is 0 Å². The predicted octanol–water partition coefficient (Wildman–Crippen LogP) is 3.77. The highest BCUT2D eigenvalue weighted by Gasteiger charge is 2.13. The molecule has 2 rings (SSSR count). The molecule has 0 saturated carbocycles. The number of hydrazone groups is 1. The molecule has 0 aliphatic carbocycles. The van der Waals surface area contributed by atoms with E-state index >= 15 is 0 Å². The van der Waals surface area contributed by atoms with Crippen molar-refractivity contribution in [3.05, 3.63) is 63.6 Å². The molecule has 6 heteroatoms. The van der Waals surface area contributed by atoms with Gasteiger partial charge in [0.1, 0.15) is 0 Å². The summed E-state index contributed by atoms with van der Waals surface area (Å²) in [5, 5.41) is 4.02. The fourth-order valence-electron chi connectivity index (χ4n) is 2.07. The summed E-state index contributed by atoms with van der Waals surface area (Å²) >= 11 is 3.28. The number of hydrogen-bond donors (Lipinski definition) is 1. The number of nitrogens with zero attached hydrogens (tertiary/aromatic N) is 1. The molecule has 0 radical (unpaired) electrons. The second kappa shape index (κ2) is 6.62. The van der Waals surface area contributed by atoms with Crippen molar-refractivity contribution < 1.29 is 8.42 Å². The molecule has 0 amide bonds. The van der Waals surface area contributed by atoms with Gasteiger partial charge in [0.15, 0.2) is 0 Å². The quantitative estimate of drug-likeness (QED) is 0.648. The van der Waals surface area contributed by atoms with Gasteiger partial charge in [-0.15, -0.1) is 0 Å². The predicted molar refractivity (Wildman–Crippen MR) is 92.6 cm³/mol. The summed E-state index contributed by atoms with van der Waals surface area (Å²) in [5.41, 5.74) is 3.76. The molecule has 2 aromatic rings. The van der Waals surface area contributed by atoms with E-state index in [1.54, 1.807) is 19.1 Å². The number of halogens is 1. The molecule has 1 N–H and O–H groups in total. The molecule has 0 spiro atoms. The van der Waals surface area contributed by atoms with E-state index in [1.165, 1.54) is 12.1 Å². The van der Waals surface area contributed by atoms with Crippen LogP contribution in [0.4, 0.5) is 0 Å². The van der Waals surface area contributed by atoms with E-state index in [9.17, 15) is 8.42 Å². The molecule has 2 aromatic carbocycles. The molecule has 0 aliphatic heterocycles. The molecule has 0 unspecified atom stereocenters. The van der Waals surface area contributed by atoms with Gasteiger partial charge < -0.3 is 0 Å². The van der Waals surface area contributed by atoms with Gasteiger partial charge >= 0.3 is 0 Å². The van der Waals surface area contributed by atoms with E-state index in [4.69, 9.17) is 0 Å². The molecule has 0 heterocycles. The molecular weight excluding hydrogens is 364 g/mol. The number of sulfonamides is 1. The van der Waals surface area contributed by atoms with Crippen molar-refractivity contribution in [1.29, 1.82) is 0 Å². The van der Waals surface area contributed by atoms with Crippen molar-refractivity contribution >= 4 is 31.7 Å². The van der Waals surface area contributed by atoms with Crippen LogP contribution >= 0.6 is 15.9 Å². The standard InChI is InChI=1S/C16H17BrN2O2S/c1-11-4-9-16(12(2)10-11)13(3)18-19-22(20,21)15-7-5-14(17)6-8-15/h4-10,19H,1-3H3/b18-13+. The van der Waals surface area contributed by atoms with Crippen LogP contribution in [0, 0.1) is 13.8 Å². The molecule has 0 aliphatic rings. The largest absolute Gasteiger partial charge is 0.276 e. The van der Waals surface area contributed by atoms with Gasteiger partial charge in [0, 0.05) is 10.0 Å². The van der Waals surface area contributed by atoms with Gasteiger partial charge in [-0.3, -0.25) is 0 Å². The lowest BCUT2D eigenvalue weighted by Gasteiger charge is -2.08. The van der Waals surface area contributed by atoms with Crippen molar-refractivity contribution in [1.82, 2.24) is 4.83 Å². The average Bonchev–Trinajstić information content (AvgIpc) is 2.45.